The molecule has 192 valence electrons. The molecule has 0 heterocycles. The SMILES string of the molecule is Cc1ccc(S(=O)(=O)OCc2ccccc2)cc1.Nc1cc(CCCC(=O)O)ccc1-c1ccccc1. The summed E-state index contributed by atoms with van der Waals surface area (Å²) in [5.74, 6) is -0.756. The predicted molar refractivity (Wildman–Crippen MR) is 146 cm³/mol. The molecule has 0 amide bonds. The van der Waals surface area contributed by atoms with Crippen LogP contribution < -0.4 is 5.73 Å². The molecular weight excluding hydrogens is 486 g/mol. The van der Waals surface area contributed by atoms with Gasteiger partial charge in [0.25, 0.3) is 10.1 Å². The monoisotopic (exact) mass is 517 g/mol. The maximum Gasteiger partial charge on any atom is 0.303 e. The highest BCUT2D eigenvalue weighted by molar-refractivity contribution is 7.86. The van der Waals surface area contributed by atoms with Gasteiger partial charge in [0.05, 0.1) is 11.5 Å². The van der Waals surface area contributed by atoms with Crippen LogP contribution in [-0.4, -0.2) is 19.5 Å². The van der Waals surface area contributed by atoms with E-state index < -0.39 is 16.1 Å². The number of aliphatic carboxylic acids is 1. The van der Waals surface area contributed by atoms with Crippen LogP contribution in [-0.2, 0) is 32.1 Å². The standard InChI is InChI=1S/C16H17NO2.C14H14O3S/c17-15-11-12(5-4-8-16(18)19)9-10-14(15)13-6-2-1-3-7-13;1-12-7-9-14(10-8-12)18(15,16)17-11-13-5-3-2-4-6-13/h1-3,6-7,9-11H,4-5,8,17H2,(H,18,19);2-10H,11H2,1H3. The third-order valence-corrected chi connectivity index (χ3v) is 6.87. The normalized spacial score (nSPS) is 10.8. The zero-order chi connectivity index (χ0) is 26.7. The Morgan fingerprint density at radius 3 is 2.05 bits per heavy atom. The molecule has 0 aliphatic heterocycles. The van der Waals surface area contributed by atoms with E-state index in [0.717, 1.165) is 39.9 Å². The van der Waals surface area contributed by atoms with E-state index in [1.807, 2.05) is 85.8 Å². The summed E-state index contributed by atoms with van der Waals surface area (Å²) >= 11 is 0. The van der Waals surface area contributed by atoms with E-state index in [4.69, 9.17) is 15.0 Å². The summed E-state index contributed by atoms with van der Waals surface area (Å²) in [7, 11) is -3.68. The molecule has 4 aromatic carbocycles. The number of benzene rings is 4. The number of rotatable bonds is 9. The number of anilines is 1. The fourth-order valence-corrected chi connectivity index (χ4v) is 4.48. The molecule has 4 aromatic rings. The van der Waals surface area contributed by atoms with Crippen molar-refractivity contribution >= 4 is 21.8 Å². The lowest BCUT2D eigenvalue weighted by Crippen LogP contribution is -2.06. The molecule has 0 bridgehead atoms. The Bertz CT molecular complexity index is 1390. The van der Waals surface area contributed by atoms with Crippen molar-refractivity contribution in [3.05, 3.63) is 120 Å². The van der Waals surface area contributed by atoms with Crippen LogP contribution in [0.25, 0.3) is 11.1 Å². The van der Waals surface area contributed by atoms with Crippen molar-refractivity contribution in [2.75, 3.05) is 5.73 Å². The Morgan fingerprint density at radius 1 is 0.838 bits per heavy atom. The van der Waals surface area contributed by atoms with Crippen molar-refractivity contribution in [1.29, 1.82) is 0 Å². The number of hydrogen-bond donors (Lipinski definition) is 2. The molecule has 0 atom stereocenters. The molecule has 0 unspecified atom stereocenters. The van der Waals surface area contributed by atoms with Gasteiger partial charge in [0, 0.05) is 17.7 Å². The van der Waals surface area contributed by atoms with Crippen molar-refractivity contribution in [1.82, 2.24) is 0 Å². The number of nitrogen functional groups attached to an aromatic ring is 1. The van der Waals surface area contributed by atoms with Crippen molar-refractivity contribution in [3.8, 4) is 11.1 Å². The summed E-state index contributed by atoms with van der Waals surface area (Å²) in [6, 6.07) is 31.7. The quantitative estimate of drug-likeness (QED) is 0.201. The van der Waals surface area contributed by atoms with Crippen molar-refractivity contribution < 1.29 is 22.5 Å². The van der Waals surface area contributed by atoms with Gasteiger partial charge < -0.3 is 10.8 Å². The summed E-state index contributed by atoms with van der Waals surface area (Å²) in [5, 5.41) is 8.61. The second-order valence-corrected chi connectivity index (χ2v) is 10.2. The number of nitrogens with two attached hydrogens (primary N) is 1. The van der Waals surface area contributed by atoms with Crippen molar-refractivity contribution in [2.45, 2.75) is 37.7 Å². The van der Waals surface area contributed by atoms with Crippen molar-refractivity contribution in [3.63, 3.8) is 0 Å². The van der Waals surface area contributed by atoms with Gasteiger partial charge >= 0.3 is 5.97 Å². The summed E-state index contributed by atoms with van der Waals surface area (Å²) in [6.45, 7) is 1.96. The third-order valence-electron chi connectivity index (χ3n) is 5.59. The van der Waals surface area contributed by atoms with E-state index in [-0.39, 0.29) is 17.9 Å². The lowest BCUT2D eigenvalue weighted by Gasteiger charge is -2.08. The molecule has 7 heteroatoms. The highest BCUT2D eigenvalue weighted by atomic mass is 32.2. The van der Waals surface area contributed by atoms with Crippen LogP contribution in [0, 0.1) is 6.92 Å². The van der Waals surface area contributed by atoms with E-state index in [1.54, 1.807) is 24.3 Å². The number of carbonyl (C=O) groups is 1. The van der Waals surface area contributed by atoms with Gasteiger partial charge in [-0.1, -0.05) is 90.5 Å². The van der Waals surface area contributed by atoms with Gasteiger partial charge in [-0.25, -0.2) is 0 Å². The lowest BCUT2D eigenvalue weighted by atomic mass is 9.99. The van der Waals surface area contributed by atoms with Gasteiger partial charge in [0.15, 0.2) is 0 Å². The number of aryl methyl sites for hydroxylation is 2. The van der Waals surface area contributed by atoms with Gasteiger partial charge in [-0.05, 0) is 54.7 Å². The van der Waals surface area contributed by atoms with Crippen LogP contribution >= 0.6 is 0 Å². The summed E-state index contributed by atoms with van der Waals surface area (Å²) in [6.07, 6.45) is 1.57. The van der Waals surface area contributed by atoms with Crippen LogP contribution in [0.5, 0.6) is 0 Å². The smallest absolute Gasteiger partial charge is 0.303 e. The van der Waals surface area contributed by atoms with Crippen LogP contribution in [0.4, 0.5) is 5.69 Å². The molecule has 0 aliphatic carbocycles. The molecule has 0 aliphatic rings. The molecule has 0 saturated heterocycles. The fourth-order valence-electron chi connectivity index (χ4n) is 3.58. The molecule has 4 rings (SSSR count). The van der Waals surface area contributed by atoms with Gasteiger partial charge in [0.1, 0.15) is 0 Å². The highest BCUT2D eigenvalue weighted by Gasteiger charge is 2.14. The largest absolute Gasteiger partial charge is 0.481 e. The summed E-state index contributed by atoms with van der Waals surface area (Å²) < 4.78 is 28.8. The molecule has 37 heavy (non-hydrogen) atoms. The van der Waals surface area contributed by atoms with Gasteiger partial charge in [-0.3, -0.25) is 8.98 Å². The first-order valence-electron chi connectivity index (χ1n) is 11.9. The first kappa shape index (κ1) is 27.6. The van der Waals surface area contributed by atoms with E-state index in [9.17, 15) is 13.2 Å². The second kappa shape index (κ2) is 13.4. The van der Waals surface area contributed by atoms with Crippen molar-refractivity contribution in [2.24, 2.45) is 0 Å². The zero-order valence-corrected chi connectivity index (χ0v) is 21.5. The molecule has 3 N–H and O–H groups in total. The second-order valence-electron chi connectivity index (χ2n) is 8.55. The maximum atomic E-state index is 11.9. The van der Waals surface area contributed by atoms with Gasteiger partial charge in [-0.2, -0.15) is 8.42 Å². The Labute approximate surface area is 218 Å². The van der Waals surface area contributed by atoms with E-state index in [2.05, 4.69) is 0 Å². The van der Waals surface area contributed by atoms with Gasteiger partial charge in [0.2, 0.25) is 0 Å². The zero-order valence-electron chi connectivity index (χ0n) is 20.7. The van der Waals surface area contributed by atoms with E-state index in [1.165, 1.54) is 0 Å². The Balaban J connectivity index is 0.000000206. The fraction of sp³-hybridized carbons (Fsp3) is 0.167. The molecule has 0 aromatic heterocycles. The Morgan fingerprint density at radius 2 is 1.46 bits per heavy atom. The Kier molecular flexibility index (Phi) is 10.0. The molecule has 0 spiro atoms. The first-order valence-corrected chi connectivity index (χ1v) is 13.3. The van der Waals surface area contributed by atoms with Crippen LogP contribution in [0.1, 0.15) is 29.5 Å². The molecular formula is C30H31NO5S. The number of carboxylic acids is 1. The molecule has 6 nitrogen and oxygen atoms in total. The van der Waals surface area contributed by atoms with Gasteiger partial charge in [-0.15, -0.1) is 0 Å². The number of hydrogen-bond acceptors (Lipinski definition) is 5. The van der Waals surface area contributed by atoms with Crippen LogP contribution in [0.2, 0.25) is 0 Å². The molecule has 0 radical (unpaired) electrons. The predicted octanol–water partition coefficient (Wildman–Crippen LogP) is 6.24. The number of carboxylic acid groups (broad SMARTS) is 1. The first-order chi connectivity index (χ1) is 17.7. The topological polar surface area (TPSA) is 107 Å². The minimum Gasteiger partial charge on any atom is -0.481 e. The highest BCUT2D eigenvalue weighted by Crippen LogP contribution is 2.27. The molecule has 0 fully saturated rings. The average Bonchev–Trinajstić information content (AvgIpc) is 2.89. The van der Waals surface area contributed by atoms with E-state index in [0.29, 0.717) is 6.42 Å². The lowest BCUT2D eigenvalue weighted by molar-refractivity contribution is -0.137. The van der Waals surface area contributed by atoms with E-state index >= 15 is 0 Å². The summed E-state index contributed by atoms with van der Waals surface area (Å²) in [5.41, 5.74) is 11.8. The minimum atomic E-state index is -3.68. The minimum absolute atomic E-state index is 0.0526. The molecule has 0 saturated carbocycles. The van der Waals surface area contributed by atoms with Crippen LogP contribution in [0.3, 0.4) is 0 Å². The summed E-state index contributed by atoms with van der Waals surface area (Å²) in [4.78, 5) is 10.7. The third kappa shape index (κ3) is 8.90. The Hall–Kier alpha value is -3.94. The maximum absolute atomic E-state index is 11.9. The average molecular weight is 518 g/mol. The van der Waals surface area contributed by atoms with Crippen LogP contribution in [0.15, 0.2) is 108 Å².